The zero-order chi connectivity index (χ0) is 26.0. The van der Waals surface area contributed by atoms with Crippen LogP contribution in [-0.2, 0) is 22.6 Å². The van der Waals surface area contributed by atoms with Crippen LogP contribution >= 0.6 is 15.9 Å². The molecule has 0 radical (unpaired) electrons. The number of hydrogen-bond donors (Lipinski definition) is 1. The van der Waals surface area contributed by atoms with E-state index in [2.05, 4.69) is 45.5 Å². The maximum absolute atomic E-state index is 14.2. The van der Waals surface area contributed by atoms with Gasteiger partial charge in [0, 0.05) is 36.8 Å². The highest BCUT2D eigenvalue weighted by Gasteiger charge is 2.31. The number of carbonyl (C=O) groups excluding carboxylic acids is 2. The molecule has 4 rings (SSSR count). The summed E-state index contributed by atoms with van der Waals surface area (Å²) in [5, 5.41) is 2.79. The Kier molecular flexibility index (Phi) is 9.28. The molecular formula is C32H31BrN2O2. The van der Waals surface area contributed by atoms with E-state index in [4.69, 9.17) is 0 Å². The summed E-state index contributed by atoms with van der Waals surface area (Å²) in [6.07, 6.45) is 0.691. The molecule has 0 fully saturated rings. The van der Waals surface area contributed by atoms with Crippen molar-refractivity contribution in [3.8, 4) is 0 Å². The lowest BCUT2D eigenvalue weighted by molar-refractivity contribution is -0.141. The zero-order valence-corrected chi connectivity index (χ0v) is 22.5. The standard InChI is InChI=1S/C32H31BrN2O2/c1-34-32(37)30(21-24-11-5-2-6-12-24)35(23-25-17-19-28(33)20-18-25)31(36)22-29(26-13-7-3-8-14-26)27-15-9-4-10-16-27/h2-20,29-30H,21-23H2,1H3,(H,34,37). The second-order valence-electron chi connectivity index (χ2n) is 9.05. The van der Waals surface area contributed by atoms with Gasteiger partial charge in [0.1, 0.15) is 6.04 Å². The number of likely N-dealkylation sites (N-methyl/N-ethyl adjacent to an activating group) is 1. The second-order valence-corrected chi connectivity index (χ2v) is 9.96. The summed E-state index contributed by atoms with van der Waals surface area (Å²) in [6.45, 7) is 0.341. The molecule has 0 aromatic heterocycles. The Labute approximate surface area is 227 Å². The number of amides is 2. The Balaban J connectivity index is 1.71. The minimum atomic E-state index is -0.643. The average Bonchev–Trinajstić information content (AvgIpc) is 2.95. The first kappa shape index (κ1) is 26.4. The molecule has 1 atom stereocenters. The molecule has 0 bridgehead atoms. The fourth-order valence-corrected chi connectivity index (χ4v) is 4.86. The van der Waals surface area contributed by atoms with Gasteiger partial charge in [-0.15, -0.1) is 0 Å². The van der Waals surface area contributed by atoms with E-state index >= 15 is 0 Å². The molecule has 0 aliphatic carbocycles. The first-order valence-electron chi connectivity index (χ1n) is 12.4. The van der Waals surface area contributed by atoms with Crippen molar-refractivity contribution in [2.45, 2.75) is 31.3 Å². The predicted molar refractivity (Wildman–Crippen MR) is 152 cm³/mol. The number of halogens is 1. The van der Waals surface area contributed by atoms with Gasteiger partial charge in [0.2, 0.25) is 11.8 Å². The number of nitrogens with one attached hydrogen (secondary N) is 1. The molecule has 1 unspecified atom stereocenters. The highest BCUT2D eigenvalue weighted by molar-refractivity contribution is 9.10. The fraction of sp³-hybridized carbons (Fsp3) is 0.188. The van der Waals surface area contributed by atoms with Crippen LogP contribution < -0.4 is 5.32 Å². The third-order valence-corrected chi connectivity index (χ3v) is 7.09. The molecule has 5 heteroatoms. The molecule has 2 amide bonds. The molecule has 4 aromatic rings. The number of rotatable bonds is 10. The molecule has 1 N–H and O–H groups in total. The van der Waals surface area contributed by atoms with Crippen molar-refractivity contribution in [1.82, 2.24) is 10.2 Å². The van der Waals surface area contributed by atoms with Crippen LogP contribution in [0.1, 0.15) is 34.6 Å². The number of carbonyl (C=O) groups is 2. The van der Waals surface area contributed by atoms with E-state index in [1.165, 1.54) is 0 Å². The molecule has 0 aliphatic rings. The van der Waals surface area contributed by atoms with Gasteiger partial charge in [0.15, 0.2) is 0 Å². The van der Waals surface area contributed by atoms with E-state index in [1.54, 1.807) is 11.9 Å². The quantitative estimate of drug-likeness (QED) is 0.248. The lowest BCUT2D eigenvalue weighted by Gasteiger charge is -2.32. The van der Waals surface area contributed by atoms with Crippen molar-refractivity contribution in [3.05, 3.63) is 142 Å². The number of nitrogens with zero attached hydrogens (tertiary/aromatic N) is 1. The highest BCUT2D eigenvalue weighted by atomic mass is 79.9. The maximum atomic E-state index is 14.2. The fourth-order valence-electron chi connectivity index (χ4n) is 4.60. The van der Waals surface area contributed by atoms with E-state index in [-0.39, 0.29) is 24.2 Å². The summed E-state index contributed by atoms with van der Waals surface area (Å²) >= 11 is 3.49. The van der Waals surface area contributed by atoms with Gasteiger partial charge >= 0.3 is 0 Å². The molecule has 0 spiro atoms. The Bertz CT molecular complexity index is 1240. The van der Waals surface area contributed by atoms with Gasteiger partial charge in [-0.3, -0.25) is 9.59 Å². The van der Waals surface area contributed by atoms with Crippen molar-refractivity contribution >= 4 is 27.7 Å². The van der Waals surface area contributed by atoms with E-state index in [0.29, 0.717) is 13.0 Å². The molecule has 0 saturated carbocycles. The van der Waals surface area contributed by atoms with Crippen LogP contribution in [0.25, 0.3) is 0 Å². The van der Waals surface area contributed by atoms with Crippen molar-refractivity contribution in [2.75, 3.05) is 7.05 Å². The van der Waals surface area contributed by atoms with Crippen molar-refractivity contribution in [2.24, 2.45) is 0 Å². The first-order chi connectivity index (χ1) is 18.0. The number of benzene rings is 4. The summed E-state index contributed by atoms with van der Waals surface area (Å²) in [6, 6.07) is 37.3. The smallest absolute Gasteiger partial charge is 0.242 e. The lowest BCUT2D eigenvalue weighted by Crippen LogP contribution is -2.50. The maximum Gasteiger partial charge on any atom is 0.242 e. The summed E-state index contributed by atoms with van der Waals surface area (Å²) in [5.74, 6) is -0.361. The normalized spacial score (nSPS) is 11.6. The van der Waals surface area contributed by atoms with Gasteiger partial charge in [0.05, 0.1) is 0 Å². The molecule has 37 heavy (non-hydrogen) atoms. The predicted octanol–water partition coefficient (Wildman–Crippen LogP) is 6.36. The largest absolute Gasteiger partial charge is 0.357 e. The highest BCUT2D eigenvalue weighted by Crippen LogP contribution is 2.30. The second kappa shape index (κ2) is 13.0. The summed E-state index contributed by atoms with van der Waals surface area (Å²) in [5.41, 5.74) is 4.12. The molecule has 4 nitrogen and oxygen atoms in total. The summed E-state index contributed by atoms with van der Waals surface area (Å²) in [4.78, 5) is 29.1. The van der Waals surface area contributed by atoms with E-state index in [0.717, 1.165) is 26.7 Å². The van der Waals surface area contributed by atoms with Crippen molar-refractivity contribution in [3.63, 3.8) is 0 Å². The molecule has 188 valence electrons. The van der Waals surface area contributed by atoms with Crippen LogP contribution in [0.3, 0.4) is 0 Å². The summed E-state index contributed by atoms with van der Waals surface area (Å²) < 4.78 is 0.967. The van der Waals surface area contributed by atoms with E-state index < -0.39 is 6.04 Å². The van der Waals surface area contributed by atoms with Gasteiger partial charge in [0.25, 0.3) is 0 Å². The molecule has 4 aromatic carbocycles. The lowest BCUT2D eigenvalue weighted by atomic mass is 9.87. The molecule has 0 heterocycles. The van der Waals surface area contributed by atoms with E-state index in [1.807, 2.05) is 91.0 Å². The van der Waals surface area contributed by atoms with Gasteiger partial charge in [-0.2, -0.15) is 0 Å². The van der Waals surface area contributed by atoms with Crippen LogP contribution in [0.15, 0.2) is 120 Å². The minimum absolute atomic E-state index is 0.0647. The van der Waals surface area contributed by atoms with Crippen LogP contribution in [-0.4, -0.2) is 29.8 Å². The number of hydrogen-bond acceptors (Lipinski definition) is 2. The van der Waals surface area contributed by atoms with Crippen LogP contribution in [0.2, 0.25) is 0 Å². The van der Waals surface area contributed by atoms with Gasteiger partial charge in [-0.1, -0.05) is 119 Å². The molecule has 0 saturated heterocycles. The SMILES string of the molecule is CNC(=O)C(Cc1ccccc1)N(Cc1ccc(Br)cc1)C(=O)CC(c1ccccc1)c1ccccc1. The first-order valence-corrected chi connectivity index (χ1v) is 13.2. The van der Waals surface area contributed by atoms with Gasteiger partial charge < -0.3 is 10.2 Å². The third-order valence-electron chi connectivity index (χ3n) is 6.57. The topological polar surface area (TPSA) is 49.4 Å². The Hall–Kier alpha value is -3.70. The summed E-state index contributed by atoms with van der Waals surface area (Å²) in [7, 11) is 1.62. The molecular weight excluding hydrogens is 524 g/mol. The third kappa shape index (κ3) is 7.17. The van der Waals surface area contributed by atoms with Crippen molar-refractivity contribution in [1.29, 1.82) is 0 Å². The molecule has 0 aliphatic heterocycles. The van der Waals surface area contributed by atoms with Crippen molar-refractivity contribution < 1.29 is 9.59 Å². The van der Waals surface area contributed by atoms with Crippen LogP contribution in [0.4, 0.5) is 0 Å². The van der Waals surface area contributed by atoms with Gasteiger partial charge in [-0.25, -0.2) is 0 Å². The average molecular weight is 556 g/mol. The minimum Gasteiger partial charge on any atom is -0.357 e. The monoisotopic (exact) mass is 554 g/mol. The zero-order valence-electron chi connectivity index (χ0n) is 20.9. The van der Waals surface area contributed by atoms with Crippen LogP contribution in [0.5, 0.6) is 0 Å². The van der Waals surface area contributed by atoms with Crippen LogP contribution in [0, 0.1) is 0 Å². The Morgan fingerprint density at radius 2 is 1.24 bits per heavy atom. The van der Waals surface area contributed by atoms with Gasteiger partial charge in [-0.05, 0) is 34.4 Å². The Morgan fingerprint density at radius 3 is 1.76 bits per heavy atom. The van der Waals surface area contributed by atoms with E-state index in [9.17, 15) is 9.59 Å². The Morgan fingerprint density at radius 1 is 0.730 bits per heavy atom.